The summed E-state index contributed by atoms with van der Waals surface area (Å²) in [4.78, 5) is 0. The van der Waals surface area contributed by atoms with Gasteiger partial charge in [-0.25, -0.2) is 4.39 Å². The summed E-state index contributed by atoms with van der Waals surface area (Å²) in [5.74, 6) is 1.07. The van der Waals surface area contributed by atoms with Crippen molar-refractivity contribution in [3.63, 3.8) is 0 Å². The van der Waals surface area contributed by atoms with E-state index in [1.807, 2.05) is 6.92 Å². The summed E-state index contributed by atoms with van der Waals surface area (Å²) in [7, 11) is 1.58. The average Bonchev–Trinajstić information content (AvgIpc) is 2.37. The Kier molecular flexibility index (Phi) is 6.29. The number of hydrogen-bond acceptors (Lipinski definition) is 2. The highest BCUT2D eigenvalue weighted by Gasteiger charge is 2.18. The van der Waals surface area contributed by atoms with E-state index >= 15 is 0 Å². The molecule has 0 aromatic heterocycles. The second kappa shape index (κ2) is 7.49. The van der Waals surface area contributed by atoms with Gasteiger partial charge in [0.25, 0.3) is 0 Å². The summed E-state index contributed by atoms with van der Waals surface area (Å²) in [6, 6.07) is 5.25. The van der Waals surface area contributed by atoms with Crippen molar-refractivity contribution in [2.75, 3.05) is 7.11 Å². The Morgan fingerprint density at radius 1 is 1.26 bits per heavy atom. The zero-order valence-corrected chi connectivity index (χ0v) is 12.7. The van der Waals surface area contributed by atoms with Crippen molar-refractivity contribution in [1.29, 1.82) is 0 Å². The van der Waals surface area contributed by atoms with Crippen LogP contribution in [-0.4, -0.2) is 13.2 Å². The lowest BCUT2D eigenvalue weighted by molar-refractivity contribution is 0.362. The van der Waals surface area contributed by atoms with Gasteiger partial charge in [0.05, 0.1) is 7.11 Å². The Morgan fingerprint density at radius 2 is 1.95 bits per heavy atom. The summed E-state index contributed by atoms with van der Waals surface area (Å²) >= 11 is 0. The van der Waals surface area contributed by atoms with Crippen LogP contribution >= 0.6 is 0 Å². The van der Waals surface area contributed by atoms with Crippen molar-refractivity contribution >= 4 is 0 Å². The zero-order valence-electron chi connectivity index (χ0n) is 12.7. The van der Waals surface area contributed by atoms with E-state index < -0.39 is 0 Å². The molecular weight excluding hydrogens is 241 g/mol. The first-order valence-electron chi connectivity index (χ1n) is 7.08. The Bertz CT molecular complexity index is 394. The van der Waals surface area contributed by atoms with E-state index in [2.05, 4.69) is 26.1 Å². The molecule has 0 aliphatic heterocycles. The van der Waals surface area contributed by atoms with Crippen LogP contribution in [0, 0.1) is 11.7 Å². The maximum absolute atomic E-state index is 13.9. The molecule has 1 rings (SSSR count). The lowest BCUT2D eigenvalue weighted by atomic mass is 9.98. The lowest BCUT2D eigenvalue weighted by Crippen LogP contribution is -2.31. The third-order valence-corrected chi connectivity index (χ3v) is 3.65. The summed E-state index contributed by atoms with van der Waals surface area (Å²) in [5, 5.41) is 3.46. The second-order valence-electron chi connectivity index (χ2n) is 5.39. The van der Waals surface area contributed by atoms with Crippen LogP contribution in [0.4, 0.5) is 4.39 Å². The van der Waals surface area contributed by atoms with Gasteiger partial charge >= 0.3 is 0 Å². The van der Waals surface area contributed by atoms with E-state index in [0.29, 0.717) is 23.3 Å². The van der Waals surface area contributed by atoms with Crippen molar-refractivity contribution < 1.29 is 9.13 Å². The second-order valence-corrected chi connectivity index (χ2v) is 5.39. The molecule has 0 amide bonds. The van der Waals surface area contributed by atoms with Gasteiger partial charge in [0.1, 0.15) is 11.6 Å². The highest BCUT2D eigenvalue weighted by atomic mass is 19.1. The van der Waals surface area contributed by atoms with Gasteiger partial charge in [-0.2, -0.15) is 0 Å². The minimum Gasteiger partial charge on any atom is -0.496 e. The molecule has 1 aromatic carbocycles. The summed E-state index contributed by atoms with van der Waals surface area (Å²) in [6.07, 6.45) is 2.26. The molecule has 0 aliphatic carbocycles. The van der Waals surface area contributed by atoms with Crippen LogP contribution in [0.2, 0.25) is 0 Å². The molecule has 0 spiro atoms. The number of methoxy groups -OCH3 is 1. The molecule has 0 radical (unpaired) electrons. The first-order chi connectivity index (χ1) is 8.99. The van der Waals surface area contributed by atoms with Gasteiger partial charge in [-0.1, -0.05) is 26.3 Å². The summed E-state index contributed by atoms with van der Waals surface area (Å²) in [6.45, 7) is 8.57. The highest BCUT2D eigenvalue weighted by Crippen LogP contribution is 2.28. The van der Waals surface area contributed by atoms with Gasteiger partial charge in [-0.15, -0.1) is 0 Å². The molecule has 0 heterocycles. The van der Waals surface area contributed by atoms with Gasteiger partial charge in [0, 0.05) is 17.6 Å². The van der Waals surface area contributed by atoms with Crippen LogP contribution in [0.5, 0.6) is 5.75 Å². The quantitative estimate of drug-likeness (QED) is 0.795. The SMILES string of the molecule is CCC(C)CC(C)NC(C)c1c(F)cccc1OC. The third-order valence-electron chi connectivity index (χ3n) is 3.65. The number of ether oxygens (including phenoxy) is 1. The van der Waals surface area contributed by atoms with Gasteiger partial charge in [0.15, 0.2) is 0 Å². The highest BCUT2D eigenvalue weighted by molar-refractivity contribution is 5.36. The van der Waals surface area contributed by atoms with Crippen molar-refractivity contribution in [2.24, 2.45) is 5.92 Å². The molecular formula is C16H26FNO. The molecule has 108 valence electrons. The molecule has 0 aliphatic rings. The lowest BCUT2D eigenvalue weighted by Gasteiger charge is -2.24. The first kappa shape index (κ1) is 16.0. The van der Waals surface area contributed by atoms with Crippen LogP contribution in [0.1, 0.15) is 52.1 Å². The molecule has 3 unspecified atom stereocenters. The molecule has 0 fully saturated rings. The number of nitrogens with one attached hydrogen (secondary N) is 1. The fraction of sp³-hybridized carbons (Fsp3) is 0.625. The molecule has 0 saturated carbocycles. The third kappa shape index (κ3) is 4.50. The predicted molar refractivity (Wildman–Crippen MR) is 78.0 cm³/mol. The first-order valence-corrected chi connectivity index (χ1v) is 7.08. The van der Waals surface area contributed by atoms with E-state index in [1.165, 1.54) is 12.5 Å². The van der Waals surface area contributed by atoms with E-state index in [1.54, 1.807) is 19.2 Å². The van der Waals surface area contributed by atoms with E-state index in [-0.39, 0.29) is 11.9 Å². The van der Waals surface area contributed by atoms with Crippen molar-refractivity contribution in [3.05, 3.63) is 29.6 Å². The average molecular weight is 267 g/mol. The molecule has 0 bridgehead atoms. The molecule has 1 aromatic rings. The minimum atomic E-state index is -0.213. The maximum atomic E-state index is 13.9. The van der Waals surface area contributed by atoms with Crippen LogP contribution in [0.3, 0.4) is 0 Å². The number of benzene rings is 1. The minimum absolute atomic E-state index is 0.0600. The molecule has 2 nitrogen and oxygen atoms in total. The summed E-state index contributed by atoms with van der Waals surface area (Å²) in [5.41, 5.74) is 0.612. The van der Waals surface area contributed by atoms with Crippen molar-refractivity contribution in [3.8, 4) is 5.75 Å². The fourth-order valence-corrected chi connectivity index (χ4v) is 2.46. The van der Waals surface area contributed by atoms with Crippen molar-refractivity contribution in [2.45, 2.75) is 52.6 Å². The standard InChI is InChI=1S/C16H26FNO/c1-6-11(2)10-12(3)18-13(4)16-14(17)8-7-9-15(16)19-5/h7-9,11-13,18H,6,10H2,1-5H3. The molecule has 1 N–H and O–H groups in total. The van der Waals surface area contributed by atoms with Gasteiger partial charge < -0.3 is 10.1 Å². The zero-order chi connectivity index (χ0) is 14.4. The van der Waals surface area contributed by atoms with Gasteiger partial charge in [-0.3, -0.25) is 0 Å². The van der Waals surface area contributed by atoms with Crippen molar-refractivity contribution in [1.82, 2.24) is 5.32 Å². The monoisotopic (exact) mass is 267 g/mol. The number of halogens is 1. The van der Waals surface area contributed by atoms with Gasteiger partial charge in [0.2, 0.25) is 0 Å². The molecule has 3 heteroatoms. The van der Waals surface area contributed by atoms with Crippen LogP contribution in [-0.2, 0) is 0 Å². The Hall–Kier alpha value is -1.09. The Labute approximate surface area is 116 Å². The normalized spacial score (nSPS) is 15.9. The van der Waals surface area contributed by atoms with Crippen LogP contribution < -0.4 is 10.1 Å². The van der Waals surface area contributed by atoms with Gasteiger partial charge in [-0.05, 0) is 38.3 Å². The predicted octanol–water partition coefficient (Wildman–Crippen LogP) is 4.31. The number of hydrogen-bond donors (Lipinski definition) is 1. The Morgan fingerprint density at radius 3 is 2.53 bits per heavy atom. The van der Waals surface area contributed by atoms with E-state index in [0.717, 1.165) is 6.42 Å². The van der Waals surface area contributed by atoms with Crippen LogP contribution in [0.25, 0.3) is 0 Å². The summed E-state index contributed by atoms with van der Waals surface area (Å²) < 4.78 is 19.2. The molecule has 0 saturated heterocycles. The smallest absolute Gasteiger partial charge is 0.131 e. The fourth-order valence-electron chi connectivity index (χ4n) is 2.46. The molecule has 3 atom stereocenters. The number of rotatable bonds is 7. The largest absolute Gasteiger partial charge is 0.496 e. The van der Waals surface area contributed by atoms with Crippen LogP contribution in [0.15, 0.2) is 18.2 Å². The van der Waals surface area contributed by atoms with E-state index in [4.69, 9.17) is 4.74 Å². The molecule has 19 heavy (non-hydrogen) atoms. The Balaban J connectivity index is 2.75. The maximum Gasteiger partial charge on any atom is 0.131 e. The van der Waals surface area contributed by atoms with E-state index in [9.17, 15) is 4.39 Å². The topological polar surface area (TPSA) is 21.3 Å².